The van der Waals surface area contributed by atoms with Gasteiger partial charge in [-0.3, -0.25) is 4.79 Å². The monoisotopic (exact) mass is 261 g/mol. The van der Waals surface area contributed by atoms with Crippen molar-refractivity contribution in [2.75, 3.05) is 12.9 Å². The van der Waals surface area contributed by atoms with Crippen LogP contribution in [-0.4, -0.2) is 23.7 Å². The molecule has 1 atom stereocenters. The number of alkyl halides is 1. The summed E-state index contributed by atoms with van der Waals surface area (Å²) < 4.78 is 25.7. The lowest BCUT2D eigenvalue weighted by Crippen LogP contribution is -2.32. The molecular weight excluding hydrogens is 248 g/mol. The lowest BCUT2D eigenvalue weighted by Gasteiger charge is -2.20. The van der Waals surface area contributed by atoms with E-state index in [-0.39, 0.29) is 24.2 Å². The van der Waals surface area contributed by atoms with Crippen molar-refractivity contribution < 1.29 is 13.6 Å². The van der Waals surface area contributed by atoms with Gasteiger partial charge in [0.1, 0.15) is 0 Å². The summed E-state index contributed by atoms with van der Waals surface area (Å²) in [6.07, 6.45) is 0. The van der Waals surface area contributed by atoms with E-state index in [1.165, 1.54) is 11.0 Å². The molecule has 5 heteroatoms. The first-order chi connectivity index (χ1) is 7.95. The molecule has 0 aliphatic carbocycles. The van der Waals surface area contributed by atoms with Gasteiger partial charge in [0.2, 0.25) is 5.91 Å². The van der Waals surface area contributed by atoms with Crippen molar-refractivity contribution in [3.63, 3.8) is 0 Å². The van der Waals surface area contributed by atoms with Crippen molar-refractivity contribution in [1.29, 1.82) is 0 Å². The summed E-state index contributed by atoms with van der Waals surface area (Å²) in [4.78, 5) is 13.1. The Labute approximate surface area is 104 Å². The molecule has 0 radical (unpaired) electrons. The van der Waals surface area contributed by atoms with Crippen LogP contribution >= 0.6 is 11.6 Å². The molecule has 0 fully saturated rings. The van der Waals surface area contributed by atoms with Crippen molar-refractivity contribution in [3.05, 3.63) is 35.4 Å². The minimum atomic E-state index is -0.909. The van der Waals surface area contributed by atoms with Crippen LogP contribution < -0.4 is 0 Å². The van der Waals surface area contributed by atoms with E-state index < -0.39 is 11.6 Å². The average molecular weight is 262 g/mol. The molecule has 94 valence electrons. The van der Waals surface area contributed by atoms with E-state index in [1.54, 1.807) is 14.0 Å². The highest BCUT2D eigenvalue weighted by Gasteiger charge is 2.16. The van der Waals surface area contributed by atoms with E-state index in [2.05, 4.69) is 0 Å². The molecule has 0 spiro atoms. The smallest absolute Gasteiger partial charge is 0.226 e. The van der Waals surface area contributed by atoms with Crippen LogP contribution in [0.5, 0.6) is 0 Å². The number of rotatable bonds is 4. The number of hydrogen-bond donors (Lipinski definition) is 0. The van der Waals surface area contributed by atoms with E-state index in [0.717, 1.165) is 12.1 Å². The first-order valence-corrected chi connectivity index (χ1v) is 5.74. The lowest BCUT2D eigenvalue weighted by molar-refractivity contribution is -0.133. The molecule has 0 aliphatic heterocycles. The number of hydrogen-bond acceptors (Lipinski definition) is 1. The van der Waals surface area contributed by atoms with Crippen LogP contribution in [0.2, 0.25) is 0 Å². The summed E-state index contributed by atoms with van der Waals surface area (Å²) in [5, 5.41) is 0. The van der Waals surface area contributed by atoms with E-state index in [1.807, 2.05) is 0 Å². The van der Waals surface area contributed by atoms with Gasteiger partial charge < -0.3 is 4.90 Å². The van der Waals surface area contributed by atoms with Gasteiger partial charge in [-0.05, 0) is 17.7 Å². The van der Waals surface area contributed by atoms with Gasteiger partial charge in [0.25, 0.3) is 0 Å². The summed E-state index contributed by atoms with van der Waals surface area (Å²) in [7, 11) is 1.60. The van der Waals surface area contributed by atoms with Gasteiger partial charge in [-0.15, -0.1) is 11.6 Å². The van der Waals surface area contributed by atoms with Crippen molar-refractivity contribution in [1.82, 2.24) is 4.90 Å². The fourth-order valence-corrected chi connectivity index (χ4v) is 1.56. The molecule has 2 nitrogen and oxygen atoms in total. The predicted octanol–water partition coefficient (Wildman–Crippen LogP) is 2.80. The number of amides is 1. The Hall–Kier alpha value is -1.16. The summed E-state index contributed by atoms with van der Waals surface area (Å²) in [6, 6.07) is 3.59. The van der Waals surface area contributed by atoms with Crippen LogP contribution in [0.15, 0.2) is 18.2 Å². The molecule has 0 bridgehead atoms. The lowest BCUT2D eigenvalue weighted by atomic mass is 10.1. The highest BCUT2D eigenvalue weighted by Crippen LogP contribution is 2.12. The molecule has 0 saturated heterocycles. The SMILES string of the molecule is CC(CCl)C(=O)N(C)Cc1ccc(F)c(F)c1. The maximum atomic E-state index is 13.0. The molecule has 0 aliphatic rings. The fraction of sp³-hybridized carbons (Fsp3) is 0.417. The summed E-state index contributed by atoms with van der Waals surface area (Å²) >= 11 is 5.58. The molecule has 1 amide bonds. The maximum Gasteiger partial charge on any atom is 0.226 e. The third-order valence-electron chi connectivity index (χ3n) is 2.43. The van der Waals surface area contributed by atoms with Gasteiger partial charge in [0.05, 0.1) is 0 Å². The quantitative estimate of drug-likeness (QED) is 0.764. The number of carbonyl (C=O) groups is 1. The zero-order valence-electron chi connectivity index (χ0n) is 9.71. The second-order valence-corrected chi connectivity index (χ2v) is 4.31. The van der Waals surface area contributed by atoms with Crippen molar-refractivity contribution in [2.45, 2.75) is 13.5 Å². The number of nitrogens with zero attached hydrogens (tertiary/aromatic N) is 1. The Morgan fingerprint density at radius 2 is 2.06 bits per heavy atom. The minimum absolute atomic E-state index is 0.121. The Morgan fingerprint density at radius 3 is 2.59 bits per heavy atom. The highest BCUT2D eigenvalue weighted by atomic mass is 35.5. The molecule has 17 heavy (non-hydrogen) atoms. The van der Waals surface area contributed by atoms with Gasteiger partial charge >= 0.3 is 0 Å². The topological polar surface area (TPSA) is 20.3 Å². The van der Waals surface area contributed by atoms with Gasteiger partial charge in [-0.2, -0.15) is 0 Å². The third kappa shape index (κ3) is 3.66. The molecular formula is C12H14ClF2NO. The Balaban J connectivity index is 2.71. The normalized spacial score (nSPS) is 12.3. The third-order valence-corrected chi connectivity index (χ3v) is 2.90. The van der Waals surface area contributed by atoms with E-state index >= 15 is 0 Å². The number of benzene rings is 1. The zero-order valence-corrected chi connectivity index (χ0v) is 10.5. The summed E-state index contributed by atoms with van der Waals surface area (Å²) in [5.41, 5.74) is 0.543. The van der Waals surface area contributed by atoms with Crippen molar-refractivity contribution in [2.24, 2.45) is 5.92 Å². The van der Waals surface area contributed by atoms with Crippen molar-refractivity contribution in [3.8, 4) is 0 Å². The molecule has 0 N–H and O–H groups in total. The van der Waals surface area contributed by atoms with Crippen LogP contribution in [0.1, 0.15) is 12.5 Å². The van der Waals surface area contributed by atoms with Crippen LogP contribution in [0.3, 0.4) is 0 Å². The minimum Gasteiger partial charge on any atom is -0.341 e. The Bertz CT molecular complexity index is 411. The molecule has 1 unspecified atom stereocenters. The molecule has 0 heterocycles. The van der Waals surface area contributed by atoms with E-state index in [9.17, 15) is 13.6 Å². The Kier molecular flexibility index (Phi) is 4.87. The van der Waals surface area contributed by atoms with Gasteiger partial charge in [-0.25, -0.2) is 8.78 Å². The van der Waals surface area contributed by atoms with Gasteiger partial charge in [0, 0.05) is 25.4 Å². The van der Waals surface area contributed by atoms with E-state index in [0.29, 0.717) is 5.56 Å². The predicted molar refractivity (Wildman–Crippen MR) is 62.7 cm³/mol. The molecule has 1 aromatic carbocycles. The van der Waals surface area contributed by atoms with Gasteiger partial charge in [0.15, 0.2) is 11.6 Å². The molecule has 0 saturated carbocycles. The highest BCUT2D eigenvalue weighted by molar-refractivity contribution is 6.19. The average Bonchev–Trinajstić information content (AvgIpc) is 2.31. The van der Waals surface area contributed by atoms with Crippen LogP contribution in [0, 0.1) is 17.6 Å². The molecule has 1 aromatic rings. The largest absolute Gasteiger partial charge is 0.341 e. The zero-order chi connectivity index (χ0) is 13.0. The second kappa shape index (κ2) is 5.96. The molecule has 0 aromatic heterocycles. The second-order valence-electron chi connectivity index (χ2n) is 4.00. The number of halogens is 3. The van der Waals surface area contributed by atoms with Gasteiger partial charge in [-0.1, -0.05) is 13.0 Å². The van der Waals surface area contributed by atoms with Crippen LogP contribution in [0.4, 0.5) is 8.78 Å². The Morgan fingerprint density at radius 1 is 1.41 bits per heavy atom. The maximum absolute atomic E-state index is 13.0. The van der Waals surface area contributed by atoms with Crippen LogP contribution in [-0.2, 0) is 11.3 Å². The first-order valence-electron chi connectivity index (χ1n) is 5.20. The van der Waals surface area contributed by atoms with Crippen LogP contribution in [0.25, 0.3) is 0 Å². The standard InChI is InChI=1S/C12H14ClF2NO/c1-8(6-13)12(17)16(2)7-9-3-4-10(14)11(15)5-9/h3-5,8H,6-7H2,1-2H3. The van der Waals surface area contributed by atoms with E-state index in [4.69, 9.17) is 11.6 Å². The first kappa shape index (κ1) is 13.9. The fourth-order valence-electron chi connectivity index (χ4n) is 1.43. The van der Waals surface area contributed by atoms with Crippen molar-refractivity contribution >= 4 is 17.5 Å². The summed E-state index contributed by atoms with van der Waals surface area (Å²) in [6.45, 7) is 1.95. The molecule has 1 rings (SSSR count). The number of carbonyl (C=O) groups excluding carboxylic acids is 1. The summed E-state index contributed by atoms with van der Waals surface area (Å²) in [5.74, 6) is -1.97.